The van der Waals surface area contributed by atoms with Crippen LogP contribution in [0.3, 0.4) is 0 Å². The maximum Gasteiger partial charge on any atom is 0.410 e. The van der Waals surface area contributed by atoms with Crippen LogP contribution in [-0.4, -0.2) is 30.2 Å². The van der Waals surface area contributed by atoms with Crippen molar-refractivity contribution in [2.75, 3.05) is 13.2 Å². The third-order valence-electron chi connectivity index (χ3n) is 3.52. The van der Waals surface area contributed by atoms with E-state index in [0.717, 1.165) is 24.8 Å². The smallest absolute Gasteiger partial charge is 0.410 e. The molecule has 1 aromatic carbocycles. The third-order valence-corrected chi connectivity index (χ3v) is 3.52. The largest absolute Gasteiger partial charge is 0.854 e. The summed E-state index contributed by atoms with van der Waals surface area (Å²) in [4.78, 5) is 13.8. The van der Waals surface area contributed by atoms with E-state index < -0.39 is 0 Å². The first-order valence-electron chi connectivity index (χ1n) is 6.86. The van der Waals surface area contributed by atoms with Gasteiger partial charge in [-0.05, 0) is 31.2 Å². The lowest BCUT2D eigenvalue weighted by molar-refractivity contribution is -0.370. The second-order valence-corrected chi connectivity index (χ2v) is 4.88. The normalized spacial score (nSPS) is 19.2. The molecule has 0 spiro atoms. The summed E-state index contributed by atoms with van der Waals surface area (Å²) in [6.45, 7) is 0.867. The number of ether oxygens (including phenoxy) is 1. The average Bonchev–Trinajstić information content (AvgIpc) is 2.47. The van der Waals surface area contributed by atoms with Gasteiger partial charge in [-0.2, -0.15) is 0 Å². The monoisotopic (exact) mass is 262 g/mol. The molecule has 2 rings (SSSR count). The first-order valence-corrected chi connectivity index (χ1v) is 6.86. The molecule has 0 aromatic heterocycles. The van der Waals surface area contributed by atoms with Crippen molar-refractivity contribution >= 4 is 6.09 Å². The Balaban J connectivity index is 1.87. The number of hydrogen-bond donors (Lipinski definition) is 0. The first-order chi connectivity index (χ1) is 9.31. The van der Waals surface area contributed by atoms with Crippen molar-refractivity contribution in [3.63, 3.8) is 0 Å². The van der Waals surface area contributed by atoms with Crippen molar-refractivity contribution in [2.45, 2.75) is 38.3 Å². The number of nitrogens with zero attached hydrogens (tertiary/aromatic N) is 1. The molecule has 1 saturated heterocycles. The topological polar surface area (TPSA) is 52.6 Å². The van der Waals surface area contributed by atoms with Crippen LogP contribution in [0, 0.1) is 0 Å². The van der Waals surface area contributed by atoms with E-state index in [1.165, 1.54) is 0 Å². The van der Waals surface area contributed by atoms with E-state index in [1.807, 2.05) is 30.3 Å². The number of amides is 1. The highest BCUT2D eigenvalue weighted by molar-refractivity contribution is 5.68. The molecular weight excluding hydrogens is 242 g/mol. The number of benzene rings is 1. The molecule has 0 saturated carbocycles. The molecule has 1 aliphatic heterocycles. The Morgan fingerprint density at radius 2 is 2.11 bits per heavy atom. The summed E-state index contributed by atoms with van der Waals surface area (Å²) in [5, 5.41) is 10.8. The van der Waals surface area contributed by atoms with Crippen molar-refractivity contribution in [3.8, 4) is 0 Å². The quantitative estimate of drug-likeness (QED) is 0.833. The highest BCUT2D eigenvalue weighted by Gasteiger charge is 2.26. The van der Waals surface area contributed by atoms with Gasteiger partial charge in [-0.25, -0.2) is 4.79 Å². The van der Waals surface area contributed by atoms with E-state index in [2.05, 4.69) is 0 Å². The van der Waals surface area contributed by atoms with Crippen molar-refractivity contribution in [2.24, 2.45) is 0 Å². The van der Waals surface area contributed by atoms with Gasteiger partial charge in [0.25, 0.3) is 0 Å². The second-order valence-electron chi connectivity index (χ2n) is 4.88. The predicted octanol–water partition coefficient (Wildman–Crippen LogP) is 1.93. The highest BCUT2D eigenvalue weighted by Crippen LogP contribution is 2.20. The maximum absolute atomic E-state index is 12.1. The van der Waals surface area contributed by atoms with Crippen LogP contribution in [-0.2, 0) is 11.3 Å². The van der Waals surface area contributed by atoms with Gasteiger partial charge >= 0.3 is 6.09 Å². The number of rotatable bonds is 4. The van der Waals surface area contributed by atoms with Crippen LogP contribution < -0.4 is 5.11 Å². The third kappa shape index (κ3) is 3.96. The lowest BCUT2D eigenvalue weighted by atomic mass is 10.0. The molecule has 19 heavy (non-hydrogen) atoms. The fourth-order valence-electron chi connectivity index (χ4n) is 2.48. The molecule has 1 fully saturated rings. The van der Waals surface area contributed by atoms with Crippen LogP contribution in [0.25, 0.3) is 0 Å². The number of carbonyl (C=O) groups excluding carboxylic acids is 1. The predicted molar refractivity (Wildman–Crippen MR) is 70.5 cm³/mol. The summed E-state index contributed by atoms with van der Waals surface area (Å²) in [5.74, 6) is 0. The Morgan fingerprint density at radius 1 is 1.32 bits per heavy atom. The van der Waals surface area contributed by atoms with E-state index in [-0.39, 0.29) is 18.7 Å². The van der Waals surface area contributed by atoms with Gasteiger partial charge in [0, 0.05) is 12.6 Å². The van der Waals surface area contributed by atoms with E-state index in [9.17, 15) is 9.90 Å². The number of carbonyl (C=O) groups is 1. The van der Waals surface area contributed by atoms with Gasteiger partial charge in [0.05, 0.1) is 0 Å². The van der Waals surface area contributed by atoms with E-state index in [0.29, 0.717) is 19.6 Å². The fourth-order valence-corrected chi connectivity index (χ4v) is 2.48. The summed E-state index contributed by atoms with van der Waals surface area (Å²) in [6, 6.07) is 9.70. The standard InChI is InChI=1S/C15H20NO3/c17-11-9-14-8-4-5-10-16(14)15(18)19-12-13-6-2-1-3-7-13/h1-3,6-7,14H,4-5,8-12H2/q-1. The lowest BCUT2D eigenvalue weighted by Gasteiger charge is -2.35. The van der Waals surface area contributed by atoms with E-state index >= 15 is 0 Å². The summed E-state index contributed by atoms with van der Waals surface area (Å²) in [5.41, 5.74) is 0.980. The van der Waals surface area contributed by atoms with Crippen LogP contribution in [0.5, 0.6) is 0 Å². The van der Waals surface area contributed by atoms with Gasteiger partial charge in [-0.15, -0.1) is 6.61 Å². The Hall–Kier alpha value is -1.55. The van der Waals surface area contributed by atoms with E-state index in [4.69, 9.17) is 4.74 Å². The molecule has 4 nitrogen and oxygen atoms in total. The molecule has 4 heteroatoms. The van der Waals surface area contributed by atoms with Gasteiger partial charge < -0.3 is 14.7 Å². The van der Waals surface area contributed by atoms with Gasteiger partial charge in [0.15, 0.2) is 0 Å². The second kappa shape index (κ2) is 7.14. The minimum absolute atomic E-state index is 0.0644. The highest BCUT2D eigenvalue weighted by atomic mass is 16.6. The molecule has 1 aromatic rings. The molecule has 1 aliphatic rings. The lowest BCUT2D eigenvalue weighted by Crippen LogP contribution is -2.45. The molecule has 1 amide bonds. The van der Waals surface area contributed by atoms with Gasteiger partial charge in [-0.1, -0.05) is 30.3 Å². The number of piperidine rings is 1. The molecule has 1 atom stereocenters. The van der Waals surface area contributed by atoms with Crippen LogP contribution in [0.15, 0.2) is 30.3 Å². The zero-order valence-electron chi connectivity index (χ0n) is 11.1. The van der Waals surface area contributed by atoms with Crippen molar-refractivity contribution in [3.05, 3.63) is 35.9 Å². The van der Waals surface area contributed by atoms with Crippen LogP contribution in [0.4, 0.5) is 4.79 Å². The van der Waals surface area contributed by atoms with Crippen molar-refractivity contribution in [1.29, 1.82) is 0 Å². The molecular formula is C15H20NO3-. The van der Waals surface area contributed by atoms with Gasteiger partial charge in [0.2, 0.25) is 0 Å². The van der Waals surface area contributed by atoms with Crippen molar-refractivity contribution in [1.82, 2.24) is 4.90 Å². The Kier molecular flexibility index (Phi) is 5.21. The molecule has 0 radical (unpaired) electrons. The molecule has 104 valence electrons. The van der Waals surface area contributed by atoms with E-state index in [1.54, 1.807) is 4.90 Å². The van der Waals surface area contributed by atoms with Crippen molar-refractivity contribution < 1.29 is 14.6 Å². The molecule has 1 unspecified atom stereocenters. The summed E-state index contributed by atoms with van der Waals surface area (Å²) in [7, 11) is 0. The fraction of sp³-hybridized carbons (Fsp3) is 0.533. The first kappa shape index (κ1) is 13.9. The summed E-state index contributed by atoms with van der Waals surface area (Å²) >= 11 is 0. The van der Waals surface area contributed by atoms with Crippen LogP contribution in [0.2, 0.25) is 0 Å². The molecule has 0 N–H and O–H groups in total. The minimum Gasteiger partial charge on any atom is -0.854 e. The summed E-state index contributed by atoms with van der Waals surface area (Å²) < 4.78 is 5.33. The number of likely N-dealkylation sites (tertiary alicyclic amines) is 1. The summed E-state index contributed by atoms with van der Waals surface area (Å²) in [6.07, 6.45) is 3.24. The Labute approximate surface area is 114 Å². The molecule has 1 heterocycles. The van der Waals surface area contributed by atoms with Gasteiger partial charge in [-0.3, -0.25) is 0 Å². The van der Waals surface area contributed by atoms with Crippen LogP contribution in [0.1, 0.15) is 31.2 Å². The Bertz CT molecular complexity index is 392. The molecule has 0 bridgehead atoms. The molecule has 0 aliphatic carbocycles. The average molecular weight is 262 g/mol. The Morgan fingerprint density at radius 3 is 2.84 bits per heavy atom. The number of hydrogen-bond acceptors (Lipinski definition) is 3. The zero-order valence-corrected chi connectivity index (χ0v) is 11.1. The maximum atomic E-state index is 12.1. The SMILES string of the molecule is O=C(OCc1ccccc1)N1CCCCC1CC[O-]. The zero-order chi connectivity index (χ0) is 13.5. The van der Waals surface area contributed by atoms with Crippen LogP contribution >= 0.6 is 0 Å². The van der Waals surface area contributed by atoms with Gasteiger partial charge in [0.1, 0.15) is 6.61 Å². The minimum atomic E-state index is -0.290.